The van der Waals surface area contributed by atoms with E-state index in [1.54, 1.807) is 4.88 Å². The molecule has 4 rings (SSSR count). The van der Waals surface area contributed by atoms with Crippen LogP contribution in [0.2, 0.25) is 0 Å². The molecule has 6 heteroatoms. The van der Waals surface area contributed by atoms with E-state index in [1.165, 1.54) is 37.7 Å². The minimum Gasteiger partial charge on any atom is -0.339 e. The van der Waals surface area contributed by atoms with Crippen molar-refractivity contribution in [3.63, 3.8) is 0 Å². The Morgan fingerprint density at radius 3 is 2.87 bits per heavy atom. The lowest BCUT2D eigenvalue weighted by molar-refractivity contribution is -0.136. The Morgan fingerprint density at radius 1 is 1.30 bits per heavy atom. The van der Waals surface area contributed by atoms with E-state index in [2.05, 4.69) is 21.2 Å². The summed E-state index contributed by atoms with van der Waals surface area (Å²) in [6, 6.07) is 2.86. The number of hydrogen-bond donors (Lipinski definition) is 0. The first-order valence-electron chi connectivity index (χ1n) is 8.48. The third-order valence-corrected chi connectivity index (χ3v) is 7.69. The molecule has 0 unspecified atom stereocenters. The molecule has 1 aromatic rings. The van der Waals surface area contributed by atoms with Crippen LogP contribution in [-0.2, 0) is 17.8 Å². The van der Waals surface area contributed by atoms with Crippen LogP contribution in [0.25, 0.3) is 0 Å². The molecule has 0 spiro atoms. The highest BCUT2D eigenvalue weighted by molar-refractivity contribution is 8.00. The minimum atomic E-state index is 0. The van der Waals surface area contributed by atoms with Gasteiger partial charge in [0.25, 0.3) is 0 Å². The summed E-state index contributed by atoms with van der Waals surface area (Å²) in [6.45, 7) is 4.15. The molecule has 0 radical (unpaired) electrons. The second-order valence-electron chi connectivity index (χ2n) is 6.76. The van der Waals surface area contributed by atoms with E-state index in [-0.39, 0.29) is 12.4 Å². The van der Waals surface area contributed by atoms with Gasteiger partial charge in [-0.25, -0.2) is 0 Å². The lowest BCUT2D eigenvalue weighted by atomic mass is 10.0. The SMILES string of the molecule is Cl.O=C(CSC1CCCC1)N1CC(N2CCc3sccc3C2)C1. The number of fused-ring (bicyclic) bond motifs is 1. The van der Waals surface area contributed by atoms with E-state index < -0.39 is 0 Å². The van der Waals surface area contributed by atoms with Crippen LogP contribution in [0.5, 0.6) is 0 Å². The molecule has 0 aromatic carbocycles. The number of thiophene rings is 1. The second-order valence-corrected chi connectivity index (χ2v) is 9.05. The maximum atomic E-state index is 12.3. The fourth-order valence-electron chi connectivity index (χ4n) is 3.81. The number of thioether (sulfide) groups is 1. The topological polar surface area (TPSA) is 23.6 Å². The molecule has 23 heavy (non-hydrogen) atoms. The highest BCUT2D eigenvalue weighted by Gasteiger charge is 2.36. The van der Waals surface area contributed by atoms with Crippen molar-refractivity contribution in [3.8, 4) is 0 Å². The Kier molecular flexibility index (Phi) is 5.94. The number of amides is 1. The molecule has 0 bridgehead atoms. The summed E-state index contributed by atoms with van der Waals surface area (Å²) in [4.78, 5) is 18.5. The highest BCUT2D eigenvalue weighted by Crippen LogP contribution is 2.31. The predicted molar refractivity (Wildman–Crippen MR) is 101 cm³/mol. The van der Waals surface area contributed by atoms with Crippen LogP contribution < -0.4 is 0 Å². The zero-order valence-electron chi connectivity index (χ0n) is 13.4. The predicted octanol–water partition coefficient (Wildman–Crippen LogP) is 3.41. The van der Waals surface area contributed by atoms with Gasteiger partial charge < -0.3 is 4.90 Å². The maximum absolute atomic E-state index is 12.3. The average Bonchev–Trinajstić information content (AvgIpc) is 3.14. The maximum Gasteiger partial charge on any atom is 0.232 e. The lowest BCUT2D eigenvalue weighted by Crippen LogP contribution is -2.62. The summed E-state index contributed by atoms with van der Waals surface area (Å²) in [5.74, 6) is 1.06. The first-order valence-corrected chi connectivity index (χ1v) is 10.4. The van der Waals surface area contributed by atoms with Crippen molar-refractivity contribution in [2.75, 3.05) is 25.4 Å². The Balaban J connectivity index is 0.00000156. The monoisotopic (exact) mass is 372 g/mol. The molecule has 3 aliphatic rings. The Bertz CT molecular complexity index is 538. The van der Waals surface area contributed by atoms with Gasteiger partial charge in [-0.15, -0.1) is 35.5 Å². The molecule has 1 aliphatic carbocycles. The average molecular weight is 373 g/mol. The molecule has 1 amide bonds. The molecular weight excluding hydrogens is 348 g/mol. The number of rotatable bonds is 4. The number of likely N-dealkylation sites (tertiary alicyclic amines) is 1. The van der Waals surface area contributed by atoms with Gasteiger partial charge in [0.1, 0.15) is 0 Å². The third kappa shape index (κ3) is 3.89. The summed E-state index contributed by atoms with van der Waals surface area (Å²) >= 11 is 3.79. The summed E-state index contributed by atoms with van der Waals surface area (Å²) in [5, 5.41) is 2.96. The van der Waals surface area contributed by atoms with Crippen molar-refractivity contribution < 1.29 is 4.79 Å². The van der Waals surface area contributed by atoms with Crippen molar-refractivity contribution in [2.24, 2.45) is 0 Å². The summed E-state index contributed by atoms with van der Waals surface area (Å²) in [6.07, 6.45) is 6.54. The Hall–Kier alpha value is -0.230. The van der Waals surface area contributed by atoms with E-state index in [4.69, 9.17) is 0 Å². The van der Waals surface area contributed by atoms with Gasteiger partial charge in [0.05, 0.1) is 5.75 Å². The summed E-state index contributed by atoms with van der Waals surface area (Å²) < 4.78 is 0. The quantitative estimate of drug-likeness (QED) is 0.809. The van der Waals surface area contributed by atoms with Crippen molar-refractivity contribution >= 4 is 41.4 Å². The number of hydrogen-bond acceptors (Lipinski definition) is 4. The van der Waals surface area contributed by atoms with Gasteiger partial charge in [0.2, 0.25) is 5.91 Å². The smallest absolute Gasteiger partial charge is 0.232 e. The van der Waals surface area contributed by atoms with Crippen LogP contribution in [0.15, 0.2) is 11.4 Å². The van der Waals surface area contributed by atoms with Crippen LogP contribution in [0.1, 0.15) is 36.1 Å². The van der Waals surface area contributed by atoms with Gasteiger partial charge in [-0.3, -0.25) is 9.69 Å². The fraction of sp³-hybridized carbons (Fsp3) is 0.706. The van der Waals surface area contributed by atoms with E-state index in [0.717, 1.165) is 31.4 Å². The fourth-order valence-corrected chi connectivity index (χ4v) is 5.92. The normalized spacial score (nSPS) is 22.5. The molecule has 1 saturated carbocycles. The molecule has 0 atom stereocenters. The molecule has 1 aromatic heterocycles. The molecule has 1 saturated heterocycles. The molecular formula is C17H25ClN2OS2. The van der Waals surface area contributed by atoms with Crippen molar-refractivity contribution in [2.45, 2.75) is 49.9 Å². The molecule has 128 valence electrons. The summed E-state index contributed by atoms with van der Waals surface area (Å²) in [7, 11) is 0. The van der Waals surface area contributed by atoms with Crippen LogP contribution in [0.4, 0.5) is 0 Å². The molecule has 2 aliphatic heterocycles. The Labute approximate surface area is 153 Å². The van der Waals surface area contributed by atoms with E-state index >= 15 is 0 Å². The van der Waals surface area contributed by atoms with Crippen LogP contribution in [0.3, 0.4) is 0 Å². The first kappa shape index (κ1) is 17.6. The zero-order valence-corrected chi connectivity index (χ0v) is 15.9. The van der Waals surface area contributed by atoms with Gasteiger partial charge in [-0.05, 0) is 36.3 Å². The zero-order chi connectivity index (χ0) is 14.9. The van der Waals surface area contributed by atoms with E-state index in [1.807, 2.05) is 23.1 Å². The van der Waals surface area contributed by atoms with Crippen molar-refractivity contribution in [3.05, 3.63) is 21.9 Å². The number of carbonyl (C=O) groups excluding carboxylic acids is 1. The van der Waals surface area contributed by atoms with Crippen molar-refractivity contribution in [1.82, 2.24) is 9.80 Å². The van der Waals surface area contributed by atoms with Crippen LogP contribution in [0, 0.1) is 0 Å². The van der Waals surface area contributed by atoms with Gasteiger partial charge in [0, 0.05) is 42.3 Å². The van der Waals surface area contributed by atoms with Gasteiger partial charge in [-0.1, -0.05) is 12.8 Å². The number of halogens is 1. The van der Waals surface area contributed by atoms with Gasteiger partial charge >= 0.3 is 0 Å². The minimum absolute atomic E-state index is 0. The highest BCUT2D eigenvalue weighted by atomic mass is 35.5. The molecule has 0 N–H and O–H groups in total. The summed E-state index contributed by atoms with van der Waals surface area (Å²) in [5.41, 5.74) is 1.51. The van der Waals surface area contributed by atoms with Crippen molar-refractivity contribution in [1.29, 1.82) is 0 Å². The van der Waals surface area contributed by atoms with Crippen LogP contribution >= 0.6 is 35.5 Å². The second kappa shape index (κ2) is 7.77. The standard InChI is InChI=1S/C17H24N2OS2.ClH/c20-17(12-22-15-3-1-2-4-15)19-10-14(11-19)18-7-5-16-13(9-18)6-8-21-16;/h6,8,14-15H,1-5,7,9-12H2;1H. The Morgan fingerprint density at radius 2 is 2.09 bits per heavy atom. The molecule has 3 heterocycles. The van der Waals surface area contributed by atoms with Crippen LogP contribution in [-0.4, -0.2) is 52.4 Å². The lowest BCUT2D eigenvalue weighted by Gasteiger charge is -2.46. The van der Waals surface area contributed by atoms with Gasteiger partial charge in [-0.2, -0.15) is 0 Å². The first-order chi connectivity index (χ1) is 10.8. The molecule has 2 fully saturated rings. The van der Waals surface area contributed by atoms with E-state index in [0.29, 0.717) is 17.7 Å². The van der Waals surface area contributed by atoms with Gasteiger partial charge in [0.15, 0.2) is 0 Å². The largest absolute Gasteiger partial charge is 0.339 e. The number of carbonyl (C=O) groups is 1. The third-order valence-electron chi connectivity index (χ3n) is 5.31. The van der Waals surface area contributed by atoms with E-state index in [9.17, 15) is 4.79 Å². The molecule has 3 nitrogen and oxygen atoms in total. The number of nitrogens with zero attached hydrogens (tertiary/aromatic N) is 2.